The van der Waals surface area contributed by atoms with E-state index in [0.717, 1.165) is 48.7 Å². The van der Waals surface area contributed by atoms with Gasteiger partial charge in [0.15, 0.2) is 0 Å². The Morgan fingerprint density at radius 1 is 1.07 bits per heavy atom. The molecule has 1 aromatic heterocycles. The normalized spacial score (nSPS) is 24.1. The number of nitrogens with zero attached hydrogens (tertiary/aromatic N) is 2. The van der Waals surface area contributed by atoms with Crippen molar-refractivity contribution in [3.63, 3.8) is 0 Å². The predicted octanol–water partition coefficient (Wildman–Crippen LogP) is 5.09. The Hall–Kier alpha value is -2.34. The maximum atomic E-state index is 6.26. The third-order valence-corrected chi connectivity index (χ3v) is 5.81. The first-order chi connectivity index (χ1) is 14.6. The Bertz CT molecular complexity index is 811. The van der Waals surface area contributed by atoms with E-state index in [1.807, 2.05) is 44.3 Å². The van der Waals surface area contributed by atoms with Gasteiger partial charge in [0.2, 0.25) is 11.8 Å². The summed E-state index contributed by atoms with van der Waals surface area (Å²) in [5.41, 5.74) is 1.90. The van der Waals surface area contributed by atoms with Crippen LogP contribution in [0.3, 0.4) is 0 Å². The van der Waals surface area contributed by atoms with E-state index in [-0.39, 0.29) is 12.2 Å². The zero-order valence-corrected chi connectivity index (χ0v) is 18.3. The van der Waals surface area contributed by atoms with Gasteiger partial charge in [-0.1, -0.05) is 19.1 Å². The van der Waals surface area contributed by atoms with Crippen molar-refractivity contribution >= 4 is 5.95 Å². The van der Waals surface area contributed by atoms with Gasteiger partial charge in [-0.15, -0.1) is 0 Å². The molecule has 0 radical (unpaired) electrons. The third-order valence-electron chi connectivity index (χ3n) is 5.81. The summed E-state index contributed by atoms with van der Waals surface area (Å²) in [6.07, 6.45) is 7.76. The lowest BCUT2D eigenvalue weighted by atomic mass is 9.87. The molecule has 6 heteroatoms. The van der Waals surface area contributed by atoms with Crippen molar-refractivity contribution in [3.8, 4) is 22.8 Å². The van der Waals surface area contributed by atoms with Crippen LogP contribution in [0.5, 0.6) is 11.6 Å². The lowest BCUT2D eigenvalue weighted by Crippen LogP contribution is -2.26. The monoisotopic (exact) mass is 411 g/mol. The zero-order valence-electron chi connectivity index (χ0n) is 18.3. The minimum atomic E-state index is 0.0329. The van der Waals surface area contributed by atoms with Gasteiger partial charge < -0.3 is 19.5 Å². The molecule has 1 aliphatic carbocycles. The maximum Gasteiger partial charge on any atom is 0.226 e. The number of aromatic nitrogens is 2. The molecule has 2 heterocycles. The number of nitrogens with one attached hydrogen (secondary N) is 1. The van der Waals surface area contributed by atoms with Gasteiger partial charge in [0.25, 0.3) is 0 Å². The molecular formula is C24H33N3O3. The van der Waals surface area contributed by atoms with Crippen LogP contribution in [0.4, 0.5) is 5.95 Å². The fourth-order valence-electron chi connectivity index (χ4n) is 4.06. The van der Waals surface area contributed by atoms with E-state index in [4.69, 9.17) is 19.2 Å². The summed E-state index contributed by atoms with van der Waals surface area (Å²) in [6, 6.07) is 8.45. The van der Waals surface area contributed by atoms with Crippen LogP contribution in [0.25, 0.3) is 11.1 Å². The summed E-state index contributed by atoms with van der Waals surface area (Å²) < 4.78 is 17.5. The maximum absolute atomic E-state index is 6.26. The number of anilines is 1. The second-order valence-corrected chi connectivity index (χ2v) is 8.81. The van der Waals surface area contributed by atoms with Crippen LogP contribution >= 0.6 is 0 Å². The highest BCUT2D eigenvalue weighted by Gasteiger charge is 2.23. The molecule has 1 aliphatic heterocycles. The van der Waals surface area contributed by atoms with E-state index in [9.17, 15) is 0 Å². The first-order valence-corrected chi connectivity index (χ1v) is 11.2. The molecule has 30 heavy (non-hydrogen) atoms. The van der Waals surface area contributed by atoms with Crippen molar-refractivity contribution in [3.05, 3.63) is 30.5 Å². The van der Waals surface area contributed by atoms with E-state index >= 15 is 0 Å². The minimum Gasteiger partial charge on any atom is -0.491 e. The summed E-state index contributed by atoms with van der Waals surface area (Å²) >= 11 is 0. The molecule has 1 N–H and O–H groups in total. The number of ether oxygens (including phenoxy) is 3. The average molecular weight is 412 g/mol. The Morgan fingerprint density at radius 2 is 1.83 bits per heavy atom. The van der Waals surface area contributed by atoms with Gasteiger partial charge >= 0.3 is 0 Å². The molecule has 2 aromatic rings. The first-order valence-electron chi connectivity index (χ1n) is 11.2. The van der Waals surface area contributed by atoms with Crippen LogP contribution in [0.1, 0.15) is 52.9 Å². The van der Waals surface area contributed by atoms with Gasteiger partial charge in [-0.3, -0.25) is 0 Å². The Morgan fingerprint density at radius 3 is 2.50 bits per heavy atom. The average Bonchev–Trinajstić information content (AvgIpc) is 3.23. The van der Waals surface area contributed by atoms with Crippen molar-refractivity contribution in [2.75, 3.05) is 18.5 Å². The lowest BCUT2D eigenvalue weighted by molar-refractivity contribution is 0.138. The van der Waals surface area contributed by atoms with Gasteiger partial charge in [-0.05, 0) is 63.1 Å². The number of hydrogen-bond donors (Lipinski definition) is 1. The van der Waals surface area contributed by atoms with E-state index in [1.165, 1.54) is 12.8 Å². The fraction of sp³-hybridized carbons (Fsp3) is 0.583. The fourth-order valence-corrected chi connectivity index (χ4v) is 4.06. The summed E-state index contributed by atoms with van der Waals surface area (Å²) in [5.74, 6) is 2.93. The second-order valence-electron chi connectivity index (χ2n) is 8.81. The lowest BCUT2D eigenvalue weighted by Gasteiger charge is -2.27. The van der Waals surface area contributed by atoms with Crippen LogP contribution in [0.15, 0.2) is 30.5 Å². The molecule has 1 atom stereocenters. The molecule has 2 fully saturated rings. The molecular weight excluding hydrogens is 378 g/mol. The molecule has 1 unspecified atom stereocenters. The van der Waals surface area contributed by atoms with E-state index in [1.54, 1.807) is 0 Å². The minimum absolute atomic E-state index is 0.0329. The first kappa shape index (κ1) is 20.9. The van der Waals surface area contributed by atoms with E-state index < -0.39 is 0 Å². The smallest absolute Gasteiger partial charge is 0.226 e. The topological polar surface area (TPSA) is 65.5 Å². The molecule has 2 aliphatic rings. The van der Waals surface area contributed by atoms with Crippen LogP contribution in [0, 0.1) is 5.92 Å². The Balaban J connectivity index is 1.55. The number of hydrogen-bond acceptors (Lipinski definition) is 6. The van der Waals surface area contributed by atoms with Crippen molar-refractivity contribution in [1.82, 2.24) is 9.97 Å². The van der Waals surface area contributed by atoms with Gasteiger partial charge in [0.05, 0.1) is 24.9 Å². The second kappa shape index (κ2) is 9.65. The van der Waals surface area contributed by atoms with Crippen LogP contribution in [-0.4, -0.2) is 41.4 Å². The summed E-state index contributed by atoms with van der Waals surface area (Å²) in [6.45, 7) is 7.71. The SMILES string of the molecule is CC1CCC(Nc2ncc(-c3ccc(OC(C)C)cc3)c(OC3CCOC3)n2)CC1. The standard InChI is InChI=1S/C24H33N3O3/c1-16(2)29-20-10-6-18(7-11-20)22-14-25-24(26-19-8-4-17(3)5-9-19)27-23(22)30-21-12-13-28-15-21/h6-7,10-11,14,16-17,19,21H,4-5,8-9,12-13,15H2,1-3H3,(H,25,26,27). The molecule has 0 bridgehead atoms. The zero-order chi connectivity index (χ0) is 20.9. The predicted molar refractivity (Wildman–Crippen MR) is 118 cm³/mol. The molecule has 1 saturated carbocycles. The molecule has 6 nitrogen and oxygen atoms in total. The molecule has 0 amide bonds. The third kappa shape index (κ3) is 5.42. The quantitative estimate of drug-likeness (QED) is 0.685. The highest BCUT2D eigenvalue weighted by molar-refractivity contribution is 5.69. The Kier molecular flexibility index (Phi) is 6.72. The van der Waals surface area contributed by atoms with E-state index in [0.29, 0.717) is 24.5 Å². The largest absolute Gasteiger partial charge is 0.491 e. The summed E-state index contributed by atoms with van der Waals surface area (Å²) in [5, 5.41) is 3.52. The van der Waals surface area contributed by atoms with Crippen LogP contribution in [-0.2, 0) is 4.74 Å². The molecule has 162 valence electrons. The van der Waals surface area contributed by atoms with Crippen molar-refractivity contribution in [2.45, 2.75) is 71.1 Å². The molecule has 1 saturated heterocycles. The van der Waals surface area contributed by atoms with Gasteiger partial charge in [-0.25, -0.2) is 4.98 Å². The van der Waals surface area contributed by atoms with Crippen LogP contribution < -0.4 is 14.8 Å². The van der Waals surface area contributed by atoms with Crippen molar-refractivity contribution in [1.29, 1.82) is 0 Å². The van der Waals surface area contributed by atoms with Crippen LogP contribution in [0.2, 0.25) is 0 Å². The van der Waals surface area contributed by atoms with Gasteiger partial charge in [-0.2, -0.15) is 4.98 Å². The van der Waals surface area contributed by atoms with Gasteiger partial charge in [0.1, 0.15) is 11.9 Å². The number of benzene rings is 1. The highest BCUT2D eigenvalue weighted by Crippen LogP contribution is 2.32. The van der Waals surface area contributed by atoms with E-state index in [2.05, 4.69) is 17.2 Å². The highest BCUT2D eigenvalue weighted by atomic mass is 16.5. The van der Waals surface area contributed by atoms with Crippen molar-refractivity contribution < 1.29 is 14.2 Å². The molecule has 1 aromatic carbocycles. The van der Waals surface area contributed by atoms with Gasteiger partial charge in [0, 0.05) is 18.7 Å². The molecule has 4 rings (SSSR count). The molecule has 0 spiro atoms. The Labute approximate surface area is 179 Å². The summed E-state index contributed by atoms with van der Waals surface area (Å²) in [4.78, 5) is 9.37. The van der Waals surface area contributed by atoms with Crippen molar-refractivity contribution in [2.24, 2.45) is 5.92 Å². The summed E-state index contributed by atoms with van der Waals surface area (Å²) in [7, 11) is 0. The number of rotatable bonds is 7.